The molecule has 0 radical (unpaired) electrons. The lowest BCUT2D eigenvalue weighted by atomic mass is 10.2. The predicted octanol–water partition coefficient (Wildman–Crippen LogP) is 1.73. The van der Waals surface area contributed by atoms with Gasteiger partial charge in [0.05, 0.1) is 19.8 Å². The Kier molecular flexibility index (Phi) is 6.43. The van der Waals surface area contributed by atoms with Gasteiger partial charge < -0.3 is 19.7 Å². The summed E-state index contributed by atoms with van der Waals surface area (Å²) in [6.45, 7) is 3.07. The zero-order valence-corrected chi connectivity index (χ0v) is 10.2. The van der Waals surface area contributed by atoms with Gasteiger partial charge in [-0.15, -0.1) is 0 Å². The van der Waals surface area contributed by atoms with Gasteiger partial charge in [-0.3, -0.25) is 0 Å². The first kappa shape index (κ1) is 13.8. The van der Waals surface area contributed by atoms with Gasteiger partial charge in [0.2, 0.25) is 0 Å². The van der Waals surface area contributed by atoms with E-state index in [1.165, 1.54) is 0 Å². The lowest BCUT2D eigenvalue weighted by Crippen LogP contribution is -2.04. The van der Waals surface area contributed by atoms with Crippen molar-refractivity contribution in [3.05, 3.63) is 23.8 Å². The fraction of sp³-hybridized carbons (Fsp3) is 0.538. The maximum absolute atomic E-state index is 9.24. The topological polar surface area (TPSA) is 58.9 Å². The van der Waals surface area contributed by atoms with Crippen LogP contribution in [0.25, 0.3) is 0 Å². The minimum Gasteiger partial charge on any atom is -0.490 e. The maximum atomic E-state index is 9.24. The van der Waals surface area contributed by atoms with E-state index in [0.29, 0.717) is 31.1 Å². The number of hydrogen-bond acceptors (Lipinski definition) is 4. The van der Waals surface area contributed by atoms with Gasteiger partial charge in [0.1, 0.15) is 0 Å². The van der Waals surface area contributed by atoms with Crippen LogP contribution >= 0.6 is 0 Å². The molecular formula is C13H20O4. The van der Waals surface area contributed by atoms with E-state index < -0.39 is 0 Å². The Bertz CT molecular complexity index is 325. The molecule has 0 heterocycles. The molecular weight excluding hydrogens is 220 g/mol. The number of aliphatic hydroxyl groups excluding tert-OH is 2. The van der Waals surface area contributed by atoms with E-state index in [0.717, 1.165) is 12.0 Å². The molecule has 0 atom stereocenters. The molecule has 0 aliphatic rings. The minimum atomic E-state index is -0.0732. The van der Waals surface area contributed by atoms with Crippen LogP contribution in [0.15, 0.2) is 18.2 Å². The summed E-state index contributed by atoms with van der Waals surface area (Å²) < 4.78 is 11.1. The van der Waals surface area contributed by atoms with Gasteiger partial charge in [-0.2, -0.15) is 0 Å². The highest BCUT2D eigenvalue weighted by molar-refractivity contribution is 5.46. The van der Waals surface area contributed by atoms with Crippen molar-refractivity contribution in [3.63, 3.8) is 0 Å². The molecule has 1 aromatic rings. The van der Waals surface area contributed by atoms with Gasteiger partial charge in [-0.05, 0) is 25.8 Å². The van der Waals surface area contributed by atoms with Crippen LogP contribution in [-0.4, -0.2) is 30.0 Å². The fourth-order valence-corrected chi connectivity index (χ4v) is 1.51. The molecule has 1 rings (SSSR count). The Hall–Kier alpha value is -1.26. The molecule has 1 aromatic carbocycles. The van der Waals surface area contributed by atoms with Crippen LogP contribution in [0.5, 0.6) is 11.5 Å². The Morgan fingerprint density at radius 2 is 1.94 bits per heavy atom. The van der Waals surface area contributed by atoms with Crippen molar-refractivity contribution in [1.29, 1.82) is 0 Å². The molecule has 0 aliphatic heterocycles. The summed E-state index contributed by atoms with van der Waals surface area (Å²) in [5.41, 5.74) is 0.722. The van der Waals surface area contributed by atoms with Crippen molar-refractivity contribution in [2.24, 2.45) is 0 Å². The zero-order chi connectivity index (χ0) is 12.5. The largest absolute Gasteiger partial charge is 0.490 e. The number of rotatable bonds is 8. The van der Waals surface area contributed by atoms with E-state index in [9.17, 15) is 5.11 Å². The lowest BCUT2D eigenvalue weighted by molar-refractivity contribution is 0.231. The third-order valence-corrected chi connectivity index (χ3v) is 2.33. The lowest BCUT2D eigenvalue weighted by Gasteiger charge is -2.14. The average Bonchev–Trinajstić information content (AvgIpc) is 2.36. The first-order valence-electron chi connectivity index (χ1n) is 5.92. The summed E-state index contributed by atoms with van der Waals surface area (Å²) in [5.74, 6) is 1.26. The van der Waals surface area contributed by atoms with Crippen LogP contribution < -0.4 is 9.47 Å². The molecule has 0 aromatic heterocycles. The van der Waals surface area contributed by atoms with E-state index in [1.54, 1.807) is 0 Å². The van der Waals surface area contributed by atoms with Crippen molar-refractivity contribution in [2.75, 3.05) is 19.8 Å². The molecule has 0 saturated carbocycles. The SMILES string of the molecule is CCOc1cccc(CO)c1OCCCCO. The minimum absolute atomic E-state index is 0.0732. The Morgan fingerprint density at radius 3 is 2.59 bits per heavy atom. The molecule has 2 N–H and O–H groups in total. The van der Waals surface area contributed by atoms with E-state index in [1.807, 2.05) is 25.1 Å². The third-order valence-electron chi connectivity index (χ3n) is 2.33. The highest BCUT2D eigenvalue weighted by Gasteiger charge is 2.09. The second-order valence-corrected chi connectivity index (χ2v) is 3.61. The number of aliphatic hydroxyl groups is 2. The number of ether oxygens (including phenoxy) is 2. The number of para-hydroxylation sites is 1. The van der Waals surface area contributed by atoms with Crippen molar-refractivity contribution >= 4 is 0 Å². The summed E-state index contributed by atoms with van der Waals surface area (Å²) in [6.07, 6.45) is 1.49. The normalized spacial score (nSPS) is 10.3. The van der Waals surface area contributed by atoms with Crippen molar-refractivity contribution in [3.8, 4) is 11.5 Å². The number of benzene rings is 1. The second-order valence-electron chi connectivity index (χ2n) is 3.61. The summed E-state index contributed by atoms with van der Waals surface area (Å²) in [5, 5.41) is 17.9. The van der Waals surface area contributed by atoms with Crippen molar-refractivity contribution in [2.45, 2.75) is 26.4 Å². The van der Waals surface area contributed by atoms with Crippen LogP contribution in [0.3, 0.4) is 0 Å². The first-order valence-corrected chi connectivity index (χ1v) is 5.92. The van der Waals surface area contributed by atoms with Gasteiger partial charge >= 0.3 is 0 Å². The van der Waals surface area contributed by atoms with Crippen LogP contribution in [-0.2, 0) is 6.61 Å². The smallest absolute Gasteiger partial charge is 0.166 e. The summed E-state index contributed by atoms with van der Waals surface area (Å²) in [7, 11) is 0. The van der Waals surface area contributed by atoms with E-state index in [-0.39, 0.29) is 13.2 Å². The van der Waals surface area contributed by atoms with Gasteiger partial charge in [-0.25, -0.2) is 0 Å². The average molecular weight is 240 g/mol. The van der Waals surface area contributed by atoms with Crippen molar-refractivity contribution in [1.82, 2.24) is 0 Å². The van der Waals surface area contributed by atoms with Crippen LogP contribution in [0.1, 0.15) is 25.3 Å². The fourth-order valence-electron chi connectivity index (χ4n) is 1.51. The highest BCUT2D eigenvalue weighted by atomic mass is 16.5. The molecule has 4 nitrogen and oxygen atoms in total. The van der Waals surface area contributed by atoms with E-state index >= 15 is 0 Å². The molecule has 0 bridgehead atoms. The Balaban J connectivity index is 2.70. The third kappa shape index (κ3) is 4.24. The molecule has 0 spiro atoms. The number of unbranched alkanes of at least 4 members (excludes halogenated alkanes) is 1. The van der Waals surface area contributed by atoms with Crippen LogP contribution in [0.4, 0.5) is 0 Å². The molecule has 96 valence electrons. The van der Waals surface area contributed by atoms with Gasteiger partial charge in [-0.1, -0.05) is 12.1 Å². The van der Waals surface area contributed by atoms with Gasteiger partial charge in [0, 0.05) is 12.2 Å². The van der Waals surface area contributed by atoms with Crippen LogP contribution in [0.2, 0.25) is 0 Å². The standard InChI is InChI=1S/C13H20O4/c1-2-16-12-7-5-6-11(10-15)13(12)17-9-4-3-8-14/h5-7,14-15H,2-4,8-10H2,1H3. The van der Waals surface area contributed by atoms with Gasteiger partial charge in [0.15, 0.2) is 11.5 Å². The molecule has 17 heavy (non-hydrogen) atoms. The Labute approximate surface area is 102 Å². The molecule has 0 unspecified atom stereocenters. The first-order chi connectivity index (χ1) is 8.33. The van der Waals surface area contributed by atoms with E-state index in [4.69, 9.17) is 14.6 Å². The quantitative estimate of drug-likeness (QED) is 0.679. The van der Waals surface area contributed by atoms with Gasteiger partial charge in [0.25, 0.3) is 0 Å². The molecule has 4 heteroatoms. The molecule has 0 fully saturated rings. The van der Waals surface area contributed by atoms with Crippen molar-refractivity contribution < 1.29 is 19.7 Å². The second kappa shape index (κ2) is 7.92. The highest BCUT2D eigenvalue weighted by Crippen LogP contribution is 2.31. The van der Waals surface area contributed by atoms with Crippen LogP contribution in [0, 0.1) is 0 Å². The molecule has 0 saturated heterocycles. The molecule has 0 aliphatic carbocycles. The Morgan fingerprint density at radius 1 is 1.12 bits per heavy atom. The monoisotopic (exact) mass is 240 g/mol. The summed E-state index contributed by atoms with van der Waals surface area (Å²) >= 11 is 0. The summed E-state index contributed by atoms with van der Waals surface area (Å²) in [4.78, 5) is 0. The van der Waals surface area contributed by atoms with E-state index in [2.05, 4.69) is 0 Å². The maximum Gasteiger partial charge on any atom is 0.166 e. The molecule has 0 amide bonds. The zero-order valence-electron chi connectivity index (χ0n) is 10.2. The number of hydrogen-bond donors (Lipinski definition) is 2. The summed E-state index contributed by atoms with van der Waals surface area (Å²) in [6, 6.07) is 5.46. The predicted molar refractivity (Wildman–Crippen MR) is 65.3 cm³/mol.